The molecule has 0 aliphatic heterocycles. The number of nitrogen functional groups attached to an aromatic ring is 1. The smallest absolute Gasteiger partial charge is 0.142 e. The summed E-state index contributed by atoms with van der Waals surface area (Å²) in [6, 6.07) is 3.67. The number of phenols is 1. The number of phenolic OH excluding ortho intramolecular Hbond substituents is 1. The van der Waals surface area contributed by atoms with Gasteiger partial charge in [0.25, 0.3) is 0 Å². The number of unbranched alkanes of at least 4 members (excludes halogenated alkanes) is 14. The highest BCUT2D eigenvalue weighted by molar-refractivity contribution is 5.60. The van der Waals surface area contributed by atoms with E-state index in [4.69, 9.17) is 10.5 Å². The molecular weight excluding hydrogens is 406 g/mol. The Hall–Kier alpha value is -1.38. The van der Waals surface area contributed by atoms with Gasteiger partial charge < -0.3 is 15.6 Å². The Balaban J connectivity index is 2.26. The van der Waals surface area contributed by atoms with E-state index in [9.17, 15) is 5.11 Å². The van der Waals surface area contributed by atoms with Crippen LogP contribution in [-0.4, -0.2) is 11.7 Å². The number of aromatic hydroxyl groups is 1. The SMILES string of the molecule is CCCCCCCCCCCCCCCCOc1cc(O)c(N)cc1C(C)(CC)CCCC. The van der Waals surface area contributed by atoms with Crippen molar-refractivity contribution in [3.63, 3.8) is 0 Å². The Morgan fingerprint density at radius 3 is 1.70 bits per heavy atom. The molecule has 0 aliphatic rings. The molecule has 33 heavy (non-hydrogen) atoms. The van der Waals surface area contributed by atoms with Gasteiger partial charge in [-0.2, -0.15) is 0 Å². The standard InChI is InChI=1S/C30H55NO2/c1-5-8-10-11-12-13-14-15-16-17-18-19-20-21-23-33-29-25-28(32)27(31)24-26(29)30(4,7-3)22-9-6-2/h24-25,32H,5-23,31H2,1-4H3. The van der Waals surface area contributed by atoms with Gasteiger partial charge in [-0.3, -0.25) is 0 Å². The predicted molar refractivity (Wildman–Crippen MR) is 145 cm³/mol. The van der Waals surface area contributed by atoms with Gasteiger partial charge in [0.2, 0.25) is 0 Å². The quantitative estimate of drug-likeness (QED) is 0.109. The molecule has 0 amide bonds. The van der Waals surface area contributed by atoms with Crippen LogP contribution >= 0.6 is 0 Å². The van der Waals surface area contributed by atoms with Crippen molar-refractivity contribution in [2.24, 2.45) is 0 Å². The fourth-order valence-electron chi connectivity index (χ4n) is 4.72. The van der Waals surface area contributed by atoms with E-state index in [0.29, 0.717) is 12.3 Å². The highest BCUT2D eigenvalue weighted by atomic mass is 16.5. The number of benzene rings is 1. The molecule has 1 atom stereocenters. The number of rotatable bonds is 21. The van der Waals surface area contributed by atoms with E-state index in [0.717, 1.165) is 30.6 Å². The lowest BCUT2D eigenvalue weighted by molar-refractivity contribution is 0.287. The molecule has 0 fully saturated rings. The molecule has 3 N–H and O–H groups in total. The molecule has 0 aromatic heterocycles. The normalized spacial score (nSPS) is 13.2. The van der Waals surface area contributed by atoms with Crippen LogP contribution in [0.5, 0.6) is 11.5 Å². The maximum atomic E-state index is 10.2. The number of hydrogen-bond acceptors (Lipinski definition) is 3. The van der Waals surface area contributed by atoms with Crippen molar-refractivity contribution in [1.82, 2.24) is 0 Å². The number of hydrogen-bond donors (Lipinski definition) is 2. The zero-order valence-electron chi connectivity index (χ0n) is 22.5. The van der Waals surface area contributed by atoms with Gasteiger partial charge in [-0.05, 0) is 30.7 Å². The lowest BCUT2D eigenvalue weighted by Gasteiger charge is -2.31. The molecule has 0 radical (unpaired) electrons. The summed E-state index contributed by atoms with van der Waals surface area (Å²) in [5.74, 6) is 0.945. The summed E-state index contributed by atoms with van der Waals surface area (Å²) in [5.41, 5.74) is 7.68. The van der Waals surface area contributed by atoms with Gasteiger partial charge >= 0.3 is 0 Å². The fourth-order valence-corrected chi connectivity index (χ4v) is 4.72. The number of ether oxygens (including phenoxy) is 1. The Labute approximate surface area is 205 Å². The zero-order chi connectivity index (χ0) is 24.4. The summed E-state index contributed by atoms with van der Waals surface area (Å²) in [6.07, 6.45) is 23.5. The largest absolute Gasteiger partial charge is 0.506 e. The first-order valence-corrected chi connectivity index (χ1v) is 14.2. The molecule has 0 spiro atoms. The van der Waals surface area contributed by atoms with Crippen molar-refractivity contribution < 1.29 is 9.84 Å². The van der Waals surface area contributed by atoms with E-state index in [1.165, 1.54) is 96.3 Å². The summed E-state index contributed by atoms with van der Waals surface area (Å²) in [7, 11) is 0. The summed E-state index contributed by atoms with van der Waals surface area (Å²) >= 11 is 0. The lowest BCUT2D eigenvalue weighted by atomic mass is 9.75. The first-order valence-electron chi connectivity index (χ1n) is 14.2. The topological polar surface area (TPSA) is 55.5 Å². The molecule has 1 unspecified atom stereocenters. The average Bonchev–Trinajstić information content (AvgIpc) is 2.82. The van der Waals surface area contributed by atoms with E-state index in [1.807, 2.05) is 6.07 Å². The molecule has 3 nitrogen and oxygen atoms in total. The summed E-state index contributed by atoms with van der Waals surface area (Å²) in [4.78, 5) is 0. The third kappa shape index (κ3) is 12.1. The van der Waals surface area contributed by atoms with Crippen molar-refractivity contribution >= 4 is 5.69 Å². The number of nitrogens with two attached hydrogens (primary N) is 1. The summed E-state index contributed by atoms with van der Waals surface area (Å²) in [6.45, 7) is 9.76. The van der Waals surface area contributed by atoms with Gasteiger partial charge in [-0.25, -0.2) is 0 Å². The van der Waals surface area contributed by atoms with Crippen LogP contribution in [-0.2, 0) is 5.41 Å². The van der Waals surface area contributed by atoms with E-state index < -0.39 is 0 Å². The first-order chi connectivity index (χ1) is 16.0. The minimum Gasteiger partial charge on any atom is -0.506 e. The minimum absolute atomic E-state index is 0.0304. The molecule has 0 bridgehead atoms. The second kappa shape index (κ2) is 18.0. The third-order valence-electron chi connectivity index (χ3n) is 7.40. The molecule has 1 aromatic carbocycles. The maximum absolute atomic E-state index is 10.2. The van der Waals surface area contributed by atoms with Crippen molar-refractivity contribution in [3.05, 3.63) is 17.7 Å². The van der Waals surface area contributed by atoms with Crippen LogP contribution in [0.1, 0.15) is 149 Å². The first kappa shape index (κ1) is 29.7. The van der Waals surface area contributed by atoms with Crippen molar-refractivity contribution in [2.45, 2.75) is 149 Å². The van der Waals surface area contributed by atoms with Crippen LogP contribution in [0.4, 0.5) is 5.69 Å². The average molecular weight is 462 g/mol. The van der Waals surface area contributed by atoms with Gasteiger partial charge in [-0.15, -0.1) is 0 Å². The molecular formula is C30H55NO2. The van der Waals surface area contributed by atoms with Crippen LogP contribution in [0.2, 0.25) is 0 Å². The van der Waals surface area contributed by atoms with E-state index in [-0.39, 0.29) is 11.2 Å². The molecule has 0 heterocycles. The second-order valence-corrected chi connectivity index (χ2v) is 10.4. The van der Waals surface area contributed by atoms with Gasteiger partial charge in [0.1, 0.15) is 11.5 Å². The van der Waals surface area contributed by atoms with E-state index >= 15 is 0 Å². The molecule has 0 saturated heterocycles. The molecule has 1 aromatic rings. The van der Waals surface area contributed by atoms with Gasteiger partial charge in [0.15, 0.2) is 0 Å². The van der Waals surface area contributed by atoms with Gasteiger partial charge in [-0.1, -0.05) is 124 Å². The Kier molecular flexibility index (Phi) is 16.2. The Morgan fingerprint density at radius 2 is 1.21 bits per heavy atom. The molecule has 0 aliphatic carbocycles. The van der Waals surface area contributed by atoms with Crippen LogP contribution < -0.4 is 10.5 Å². The van der Waals surface area contributed by atoms with Crippen molar-refractivity contribution in [2.75, 3.05) is 12.3 Å². The third-order valence-corrected chi connectivity index (χ3v) is 7.40. The summed E-state index contributed by atoms with van der Waals surface area (Å²) in [5, 5.41) is 10.2. The minimum atomic E-state index is 0.0304. The highest BCUT2D eigenvalue weighted by Crippen LogP contribution is 2.42. The number of anilines is 1. The van der Waals surface area contributed by atoms with E-state index in [1.54, 1.807) is 6.07 Å². The van der Waals surface area contributed by atoms with Gasteiger partial charge in [0.05, 0.1) is 12.3 Å². The maximum Gasteiger partial charge on any atom is 0.142 e. The predicted octanol–water partition coefficient (Wildman–Crippen LogP) is 9.69. The van der Waals surface area contributed by atoms with Crippen LogP contribution in [0.3, 0.4) is 0 Å². The van der Waals surface area contributed by atoms with Crippen LogP contribution in [0.25, 0.3) is 0 Å². The second-order valence-electron chi connectivity index (χ2n) is 10.4. The molecule has 1 rings (SSSR count). The molecule has 192 valence electrons. The zero-order valence-corrected chi connectivity index (χ0v) is 22.5. The van der Waals surface area contributed by atoms with Gasteiger partial charge in [0, 0.05) is 11.6 Å². The molecule has 3 heteroatoms. The van der Waals surface area contributed by atoms with Crippen molar-refractivity contribution in [1.29, 1.82) is 0 Å². The van der Waals surface area contributed by atoms with Crippen LogP contribution in [0, 0.1) is 0 Å². The Morgan fingerprint density at radius 1 is 0.727 bits per heavy atom. The molecule has 0 saturated carbocycles. The lowest BCUT2D eigenvalue weighted by Crippen LogP contribution is -2.22. The van der Waals surface area contributed by atoms with Crippen molar-refractivity contribution in [3.8, 4) is 11.5 Å². The Bertz CT molecular complexity index is 616. The monoisotopic (exact) mass is 461 g/mol. The van der Waals surface area contributed by atoms with E-state index in [2.05, 4.69) is 27.7 Å². The van der Waals surface area contributed by atoms with Crippen LogP contribution in [0.15, 0.2) is 12.1 Å². The fraction of sp³-hybridized carbons (Fsp3) is 0.800. The highest BCUT2D eigenvalue weighted by Gasteiger charge is 2.28. The summed E-state index contributed by atoms with van der Waals surface area (Å²) < 4.78 is 6.19.